The van der Waals surface area contributed by atoms with Gasteiger partial charge in [0.2, 0.25) is 0 Å². The Morgan fingerprint density at radius 3 is 2.94 bits per heavy atom. The van der Waals surface area contributed by atoms with Crippen LogP contribution in [0.1, 0.15) is 11.3 Å². The number of hydrogen-bond acceptors (Lipinski definition) is 4. The highest BCUT2D eigenvalue weighted by Crippen LogP contribution is 2.14. The van der Waals surface area contributed by atoms with Gasteiger partial charge >= 0.3 is 0 Å². The number of nitrogen functional groups attached to an aromatic ring is 1. The molecule has 0 saturated carbocycles. The van der Waals surface area contributed by atoms with Crippen LogP contribution in [0.4, 0.5) is 11.5 Å². The summed E-state index contributed by atoms with van der Waals surface area (Å²) < 4.78 is 1.82. The first-order chi connectivity index (χ1) is 7.66. The van der Waals surface area contributed by atoms with Crippen molar-refractivity contribution < 1.29 is 0 Å². The number of rotatable bonds is 3. The molecular formula is C11H15N5. The summed E-state index contributed by atoms with van der Waals surface area (Å²) in [6, 6.07) is 3.80. The number of nitrogens with one attached hydrogen (secondary N) is 1. The summed E-state index contributed by atoms with van der Waals surface area (Å²) in [7, 11) is 1.91. The van der Waals surface area contributed by atoms with Crippen LogP contribution in [0.2, 0.25) is 0 Å². The van der Waals surface area contributed by atoms with Crippen LogP contribution >= 0.6 is 0 Å². The maximum atomic E-state index is 5.80. The number of nitrogens with two attached hydrogens (primary N) is 1. The van der Waals surface area contributed by atoms with Crippen LogP contribution < -0.4 is 11.1 Å². The van der Waals surface area contributed by atoms with E-state index in [9.17, 15) is 0 Å². The average molecular weight is 217 g/mol. The molecule has 5 heteroatoms. The summed E-state index contributed by atoms with van der Waals surface area (Å²) in [5.41, 5.74) is 8.64. The van der Waals surface area contributed by atoms with E-state index in [0.717, 1.165) is 22.8 Å². The molecule has 16 heavy (non-hydrogen) atoms. The van der Waals surface area contributed by atoms with Gasteiger partial charge < -0.3 is 11.1 Å². The Kier molecular flexibility index (Phi) is 2.76. The summed E-state index contributed by atoms with van der Waals surface area (Å²) in [5, 5.41) is 7.30. The molecule has 2 aromatic heterocycles. The van der Waals surface area contributed by atoms with Gasteiger partial charge in [-0.1, -0.05) is 0 Å². The summed E-state index contributed by atoms with van der Waals surface area (Å²) in [5.74, 6) is 0.782. The zero-order valence-electron chi connectivity index (χ0n) is 9.44. The normalized spacial score (nSPS) is 10.4. The largest absolute Gasteiger partial charge is 0.398 e. The Balaban J connectivity index is 2.05. The molecule has 0 fully saturated rings. The zero-order chi connectivity index (χ0) is 11.5. The molecule has 0 aliphatic heterocycles. The van der Waals surface area contributed by atoms with Crippen LogP contribution in [0.3, 0.4) is 0 Å². The zero-order valence-corrected chi connectivity index (χ0v) is 9.44. The van der Waals surface area contributed by atoms with Crippen LogP contribution in [-0.2, 0) is 13.6 Å². The van der Waals surface area contributed by atoms with E-state index in [2.05, 4.69) is 15.4 Å². The Hall–Kier alpha value is -2.04. The van der Waals surface area contributed by atoms with Crippen LogP contribution in [0, 0.1) is 6.92 Å². The van der Waals surface area contributed by atoms with Crippen molar-refractivity contribution in [2.45, 2.75) is 13.5 Å². The monoisotopic (exact) mass is 217 g/mol. The summed E-state index contributed by atoms with van der Waals surface area (Å²) >= 11 is 0. The number of anilines is 2. The van der Waals surface area contributed by atoms with Gasteiger partial charge in [0.05, 0.1) is 12.2 Å². The molecule has 0 aliphatic rings. The fourth-order valence-corrected chi connectivity index (χ4v) is 1.39. The smallest absolute Gasteiger partial charge is 0.128 e. The molecule has 0 aromatic carbocycles. The minimum atomic E-state index is 0.687. The Morgan fingerprint density at radius 1 is 1.50 bits per heavy atom. The average Bonchev–Trinajstić information content (AvgIpc) is 2.66. The van der Waals surface area contributed by atoms with Gasteiger partial charge in [0, 0.05) is 31.2 Å². The third-order valence-electron chi connectivity index (χ3n) is 2.52. The summed E-state index contributed by atoms with van der Waals surface area (Å²) in [6.45, 7) is 2.62. The Morgan fingerprint density at radius 2 is 2.31 bits per heavy atom. The van der Waals surface area contributed by atoms with Gasteiger partial charge in [-0.15, -0.1) is 0 Å². The standard InChI is InChI=1S/C11H15N5/c1-8-6-13-11(5-10(8)12)14-7-9-3-4-15-16(9)2/h3-6H,7H2,1-2H3,(H3,12,13,14). The van der Waals surface area contributed by atoms with Crippen molar-refractivity contribution in [3.8, 4) is 0 Å². The maximum Gasteiger partial charge on any atom is 0.128 e. The van der Waals surface area contributed by atoms with Crippen molar-refractivity contribution in [3.05, 3.63) is 35.8 Å². The lowest BCUT2D eigenvalue weighted by molar-refractivity contribution is 0.720. The number of nitrogens with zero attached hydrogens (tertiary/aromatic N) is 3. The molecule has 2 aromatic rings. The van der Waals surface area contributed by atoms with Crippen molar-refractivity contribution in [1.29, 1.82) is 0 Å². The predicted octanol–water partition coefficient (Wildman–Crippen LogP) is 1.32. The highest BCUT2D eigenvalue weighted by Gasteiger charge is 2.00. The molecule has 0 amide bonds. The maximum absolute atomic E-state index is 5.80. The minimum absolute atomic E-state index is 0.687. The van der Waals surface area contributed by atoms with Crippen molar-refractivity contribution in [2.75, 3.05) is 11.1 Å². The van der Waals surface area contributed by atoms with Gasteiger partial charge in [-0.25, -0.2) is 4.98 Å². The van der Waals surface area contributed by atoms with Crippen LogP contribution in [0.5, 0.6) is 0 Å². The number of pyridine rings is 1. The second-order valence-electron chi connectivity index (χ2n) is 3.73. The van der Waals surface area contributed by atoms with Gasteiger partial charge in [0.1, 0.15) is 5.82 Å². The lowest BCUT2D eigenvalue weighted by Crippen LogP contribution is -2.07. The van der Waals surface area contributed by atoms with E-state index in [4.69, 9.17) is 5.73 Å². The molecule has 2 heterocycles. The lowest BCUT2D eigenvalue weighted by atomic mass is 10.2. The molecule has 3 N–H and O–H groups in total. The molecule has 0 aliphatic carbocycles. The molecule has 0 radical (unpaired) electrons. The molecule has 0 saturated heterocycles. The van der Waals surface area contributed by atoms with E-state index in [0.29, 0.717) is 6.54 Å². The fraction of sp³-hybridized carbons (Fsp3) is 0.273. The highest BCUT2D eigenvalue weighted by atomic mass is 15.3. The lowest BCUT2D eigenvalue weighted by Gasteiger charge is -2.07. The highest BCUT2D eigenvalue weighted by molar-refractivity contribution is 5.53. The first kappa shape index (κ1) is 10.5. The SMILES string of the molecule is Cc1cnc(NCc2ccnn2C)cc1N. The second kappa shape index (κ2) is 4.22. The number of aryl methyl sites for hydroxylation is 2. The molecule has 0 spiro atoms. The van der Waals surface area contributed by atoms with Crippen molar-refractivity contribution in [1.82, 2.24) is 14.8 Å². The third kappa shape index (κ3) is 2.13. The number of hydrogen-bond donors (Lipinski definition) is 2. The topological polar surface area (TPSA) is 68.8 Å². The van der Waals surface area contributed by atoms with Crippen molar-refractivity contribution in [3.63, 3.8) is 0 Å². The Bertz CT molecular complexity index is 489. The van der Waals surface area contributed by atoms with E-state index in [1.807, 2.05) is 30.8 Å². The molecule has 5 nitrogen and oxygen atoms in total. The van der Waals surface area contributed by atoms with Crippen molar-refractivity contribution >= 4 is 11.5 Å². The van der Waals surface area contributed by atoms with Gasteiger partial charge in [0.25, 0.3) is 0 Å². The van der Waals surface area contributed by atoms with Crippen LogP contribution in [-0.4, -0.2) is 14.8 Å². The summed E-state index contributed by atoms with van der Waals surface area (Å²) in [4.78, 5) is 4.25. The molecule has 84 valence electrons. The van der Waals surface area contributed by atoms with Crippen LogP contribution in [0.15, 0.2) is 24.5 Å². The quantitative estimate of drug-likeness (QED) is 0.813. The minimum Gasteiger partial charge on any atom is -0.398 e. The first-order valence-corrected chi connectivity index (χ1v) is 5.09. The van der Waals surface area contributed by atoms with E-state index in [1.54, 1.807) is 12.4 Å². The first-order valence-electron chi connectivity index (χ1n) is 5.09. The van der Waals surface area contributed by atoms with E-state index < -0.39 is 0 Å². The van der Waals surface area contributed by atoms with Gasteiger partial charge in [-0.2, -0.15) is 5.10 Å². The summed E-state index contributed by atoms with van der Waals surface area (Å²) in [6.07, 6.45) is 3.54. The number of aromatic nitrogens is 3. The molecule has 0 bridgehead atoms. The van der Waals surface area contributed by atoms with Gasteiger partial charge in [-0.05, 0) is 18.6 Å². The van der Waals surface area contributed by atoms with Crippen LogP contribution in [0.25, 0.3) is 0 Å². The van der Waals surface area contributed by atoms with Gasteiger partial charge in [0.15, 0.2) is 0 Å². The predicted molar refractivity (Wildman–Crippen MR) is 63.9 cm³/mol. The molecule has 0 atom stereocenters. The molecule has 0 unspecified atom stereocenters. The third-order valence-corrected chi connectivity index (χ3v) is 2.52. The molecule has 2 rings (SSSR count). The van der Waals surface area contributed by atoms with E-state index >= 15 is 0 Å². The van der Waals surface area contributed by atoms with Crippen molar-refractivity contribution in [2.24, 2.45) is 7.05 Å². The Labute approximate surface area is 94.3 Å². The fourth-order valence-electron chi connectivity index (χ4n) is 1.39. The molecular weight excluding hydrogens is 202 g/mol. The van der Waals surface area contributed by atoms with E-state index in [1.165, 1.54) is 0 Å². The van der Waals surface area contributed by atoms with E-state index in [-0.39, 0.29) is 0 Å². The second-order valence-corrected chi connectivity index (χ2v) is 3.73. The van der Waals surface area contributed by atoms with Gasteiger partial charge in [-0.3, -0.25) is 4.68 Å².